The summed E-state index contributed by atoms with van der Waals surface area (Å²) in [6.45, 7) is 0. The van der Waals surface area contributed by atoms with Crippen molar-refractivity contribution in [3.63, 3.8) is 0 Å². The number of benzene rings is 1. The molecule has 0 radical (unpaired) electrons. The lowest BCUT2D eigenvalue weighted by molar-refractivity contribution is -0.533. The van der Waals surface area contributed by atoms with Gasteiger partial charge < -0.3 is 5.73 Å². The monoisotopic (exact) mass is 195 g/mol. The van der Waals surface area contributed by atoms with E-state index in [1.54, 1.807) is 30.3 Å². The Hall–Kier alpha value is -2.11. The van der Waals surface area contributed by atoms with Crippen molar-refractivity contribution in [1.82, 2.24) is 5.32 Å². The molecule has 74 valence electrons. The highest BCUT2D eigenvalue weighted by Gasteiger charge is 2.22. The summed E-state index contributed by atoms with van der Waals surface area (Å²) in [4.78, 5) is 20.5. The molecule has 6 heteroatoms. The normalized spacial score (nSPS) is 11.7. The minimum Gasteiger partial charge on any atom is -0.351 e. The van der Waals surface area contributed by atoms with E-state index in [2.05, 4.69) is 0 Å². The standard InChI is InChI=1S/C8H9N3O3/c9-8(12)10-7(11(13)14)6-4-2-1-3-5-6/h1-5,7H,(H3,9,10,12). The Morgan fingerprint density at radius 3 is 2.43 bits per heavy atom. The van der Waals surface area contributed by atoms with Gasteiger partial charge in [0.25, 0.3) is 0 Å². The quantitative estimate of drug-likeness (QED) is 0.420. The molecule has 0 bridgehead atoms. The van der Waals surface area contributed by atoms with Crippen molar-refractivity contribution < 1.29 is 9.72 Å². The number of hydrogen-bond donors (Lipinski definition) is 2. The molecule has 0 spiro atoms. The Morgan fingerprint density at radius 1 is 1.43 bits per heavy atom. The molecule has 0 aromatic heterocycles. The summed E-state index contributed by atoms with van der Waals surface area (Å²) < 4.78 is 0. The fraction of sp³-hybridized carbons (Fsp3) is 0.125. The van der Waals surface area contributed by atoms with Crippen LogP contribution in [0.2, 0.25) is 0 Å². The summed E-state index contributed by atoms with van der Waals surface area (Å²) in [6.07, 6.45) is -1.28. The van der Waals surface area contributed by atoms with Crippen LogP contribution in [0.25, 0.3) is 0 Å². The average molecular weight is 195 g/mol. The largest absolute Gasteiger partial charge is 0.351 e. The average Bonchev–Trinajstić information content (AvgIpc) is 2.15. The molecule has 0 saturated heterocycles. The summed E-state index contributed by atoms with van der Waals surface area (Å²) >= 11 is 0. The minimum absolute atomic E-state index is 0.385. The Morgan fingerprint density at radius 2 is 2.00 bits per heavy atom. The molecule has 6 nitrogen and oxygen atoms in total. The Labute approximate surface area is 79.9 Å². The first kappa shape index (κ1) is 9.97. The van der Waals surface area contributed by atoms with Gasteiger partial charge in [0.15, 0.2) is 0 Å². The first-order chi connectivity index (χ1) is 6.61. The number of nitro groups is 1. The van der Waals surface area contributed by atoms with Crippen molar-refractivity contribution in [3.05, 3.63) is 46.0 Å². The SMILES string of the molecule is NC(=O)NC(c1ccccc1)[N+](=O)[O-]. The third-order valence-corrected chi connectivity index (χ3v) is 1.61. The van der Waals surface area contributed by atoms with Crippen LogP contribution in [0.1, 0.15) is 11.7 Å². The van der Waals surface area contributed by atoms with E-state index in [-0.39, 0.29) is 0 Å². The molecular formula is C8H9N3O3. The van der Waals surface area contributed by atoms with Crippen molar-refractivity contribution in [2.45, 2.75) is 6.17 Å². The number of hydrogen-bond acceptors (Lipinski definition) is 3. The Bertz CT molecular complexity index is 339. The van der Waals surface area contributed by atoms with Gasteiger partial charge in [-0.3, -0.25) is 15.4 Å². The van der Waals surface area contributed by atoms with Crippen LogP contribution in [-0.2, 0) is 0 Å². The molecule has 0 aliphatic rings. The molecule has 0 aliphatic carbocycles. The smallest absolute Gasteiger partial charge is 0.317 e. The second kappa shape index (κ2) is 4.22. The van der Waals surface area contributed by atoms with Gasteiger partial charge in [0.2, 0.25) is 0 Å². The highest BCUT2D eigenvalue weighted by atomic mass is 16.6. The molecule has 1 aromatic rings. The lowest BCUT2D eigenvalue weighted by atomic mass is 10.2. The number of amides is 2. The van der Waals surface area contributed by atoms with Crippen LogP contribution in [0.3, 0.4) is 0 Å². The molecule has 0 aliphatic heterocycles. The summed E-state index contributed by atoms with van der Waals surface area (Å²) in [5, 5.41) is 12.6. The van der Waals surface area contributed by atoms with Crippen molar-refractivity contribution in [3.8, 4) is 0 Å². The van der Waals surface area contributed by atoms with Crippen LogP contribution in [0.5, 0.6) is 0 Å². The van der Waals surface area contributed by atoms with Gasteiger partial charge in [0, 0.05) is 5.56 Å². The Balaban J connectivity index is 2.89. The van der Waals surface area contributed by atoms with Crippen molar-refractivity contribution >= 4 is 6.03 Å². The fourth-order valence-corrected chi connectivity index (χ4v) is 1.03. The maximum Gasteiger partial charge on any atom is 0.317 e. The molecule has 0 heterocycles. The third kappa shape index (κ3) is 2.44. The summed E-state index contributed by atoms with van der Waals surface area (Å²) in [5.74, 6) is 0. The second-order valence-electron chi connectivity index (χ2n) is 2.61. The predicted octanol–water partition coefficient (Wildman–Crippen LogP) is 0.630. The molecule has 3 N–H and O–H groups in total. The van der Waals surface area contributed by atoms with Gasteiger partial charge in [0.1, 0.15) is 0 Å². The maximum atomic E-state index is 10.6. The van der Waals surface area contributed by atoms with Gasteiger partial charge >= 0.3 is 12.2 Å². The third-order valence-electron chi connectivity index (χ3n) is 1.61. The van der Waals surface area contributed by atoms with Crippen LogP contribution in [0.4, 0.5) is 4.79 Å². The van der Waals surface area contributed by atoms with Gasteiger partial charge in [-0.1, -0.05) is 30.3 Å². The molecule has 2 amide bonds. The fourth-order valence-electron chi connectivity index (χ4n) is 1.03. The number of urea groups is 1. The second-order valence-corrected chi connectivity index (χ2v) is 2.61. The molecule has 1 rings (SSSR count). The van der Waals surface area contributed by atoms with Crippen LogP contribution in [0, 0.1) is 10.1 Å². The molecule has 1 atom stereocenters. The highest BCUT2D eigenvalue weighted by molar-refractivity contribution is 5.71. The van der Waals surface area contributed by atoms with Gasteiger partial charge in [-0.2, -0.15) is 0 Å². The number of rotatable bonds is 3. The van der Waals surface area contributed by atoms with Crippen molar-refractivity contribution in [2.24, 2.45) is 5.73 Å². The number of nitrogens with zero attached hydrogens (tertiary/aromatic N) is 1. The number of primary amides is 1. The first-order valence-electron chi connectivity index (χ1n) is 3.85. The van der Waals surface area contributed by atoms with Gasteiger partial charge in [-0.25, -0.2) is 4.79 Å². The topological polar surface area (TPSA) is 98.3 Å². The molecule has 14 heavy (non-hydrogen) atoms. The van der Waals surface area contributed by atoms with Crippen LogP contribution in [0.15, 0.2) is 30.3 Å². The minimum atomic E-state index is -1.28. The number of nitrogens with one attached hydrogen (secondary N) is 1. The van der Waals surface area contributed by atoms with Gasteiger partial charge in [-0.05, 0) is 0 Å². The number of carbonyl (C=O) groups excluding carboxylic acids is 1. The van der Waals surface area contributed by atoms with E-state index >= 15 is 0 Å². The summed E-state index contributed by atoms with van der Waals surface area (Å²) in [6, 6.07) is 7.19. The molecular weight excluding hydrogens is 186 g/mol. The van der Waals surface area contributed by atoms with Crippen LogP contribution < -0.4 is 11.1 Å². The van der Waals surface area contributed by atoms with E-state index in [1.165, 1.54) is 0 Å². The van der Waals surface area contributed by atoms with E-state index in [0.717, 1.165) is 0 Å². The molecule has 1 unspecified atom stereocenters. The van der Waals surface area contributed by atoms with Gasteiger partial charge in [0.05, 0.1) is 4.92 Å². The van der Waals surface area contributed by atoms with E-state index < -0.39 is 17.1 Å². The van der Waals surface area contributed by atoms with E-state index in [1.807, 2.05) is 5.32 Å². The lowest BCUT2D eigenvalue weighted by Crippen LogP contribution is -2.37. The van der Waals surface area contributed by atoms with E-state index in [4.69, 9.17) is 5.73 Å². The summed E-state index contributed by atoms with van der Waals surface area (Å²) in [5.41, 5.74) is 5.20. The first-order valence-corrected chi connectivity index (χ1v) is 3.85. The van der Waals surface area contributed by atoms with Crippen molar-refractivity contribution in [2.75, 3.05) is 0 Å². The zero-order valence-electron chi connectivity index (χ0n) is 7.21. The zero-order valence-corrected chi connectivity index (χ0v) is 7.21. The number of nitrogens with two attached hydrogens (primary N) is 1. The summed E-state index contributed by atoms with van der Waals surface area (Å²) in [7, 11) is 0. The molecule has 1 aromatic carbocycles. The van der Waals surface area contributed by atoms with Crippen LogP contribution in [-0.4, -0.2) is 11.0 Å². The zero-order chi connectivity index (χ0) is 10.6. The highest BCUT2D eigenvalue weighted by Crippen LogP contribution is 2.12. The predicted molar refractivity (Wildman–Crippen MR) is 48.9 cm³/mol. The van der Waals surface area contributed by atoms with E-state index in [9.17, 15) is 14.9 Å². The Kier molecular flexibility index (Phi) is 3.01. The van der Waals surface area contributed by atoms with Crippen molar-refractivity contribution in [1.29, 1.82) is 0 Å². The van der Waals surface area contributed by atoms with E-state index in [0.29, 0.717) is 5.56 Å². The van der Waals surface area contributed by atoms with Gasteiger partial charge in [-0.15, -0.1) is 0 Å². The molecule has 0 fully saturated rings. The number of carbonyl (C=O) groups is 1. The maximum absolute atomic E-state index is 10.6. The molecule has 0 saturated carbocycles. The van der Waals surface area contributed by atoms with Crippen LogP contribution >= 0.6 is 0 Å². The lowest BCUT2D eigenvalue weighted by Gasteiger charge is -2.09.